The van der Waals surface area contributed by atoms with Gasteiger partial charge in [0.15, 0.2) is 0 Å². The molecule has 2 aromatic rings. The van der Waals surface area contributed by atoms with E-state index in [0.29, 0.717) is 18.8 Å². The largest absolute Gasteiger partial charge is 0.490 e. The van der Waals surface area contributed by atoms with Crippen molar-refractivity contribution < 1.29 is 9.47 Å². The predicted molar refractivity (Wildman–Crippen MR) is 91.9 cm³/mol. The number of nitriles is 1. The summed E-state index contributed by atoms with van der Waals surface area (Å²) in [5, 5.41) is 8.74. The standard InChI is InChI=1S/C20H23NO2/c1-4-20(2,3)17-7-11-19(12-8-17)23-14-13-22-18-9-5-16(15-21)6-10-18/h5-12H,4,13-14H2,1-3H3. The maximum absolute atomic E-state index is 8.74. The molecule has 2 rings (SSSR count). The van der Waals surface area contributed by atoms with Gasteiger partial charge in [0, 0.05) is 0 Å². The molecule has 23 heavy (non-hydrogen) atoms. The highest BCUT2D eigenvalue weighted by Crippen LogP contribution is 2.28. The molecule has 0 amide bonds. The Hall–Kier alpha value is -2.47. The summed E-state index contributed by atoms with van der Waals surface area (Å²) in [7, 11) is 0. The molecule has 0 spiro atoms. The lowest BCUT2D eigenvalue weighted by atomic mass is 9.82. The average molecular weight is 309 g/mol. The van der Waals surface area contributed by atoms with E-state index in [4.69, 9.17) is 14.7 Å². The van der Waals surface area contributed by atoms with E-state index in [2.05, 4.69) is 39.0 Å². The minimum atomic E-state index is 0.192. The van der Waals surface area contributed by atoms with Gasteiger partial charge < -0.3 is 9.47 Å². The maximum atomic E-state index is 8.74. The molecule has 0 radical (unpaired) electrons. The number of nitrogens with zero attached hydrogens (tertiary/aromatic N) is 1. The number of hydrogen-bond acceptors (Lipinski definition) is 3. The molecule has 0 atom stereocenters. The molecular weight excluding hydrogens is 286 g/mol. The quantitative estimate of drug-likeness (QED) is 0.696. The SMILES string of the molecule is CCC(C)(C)c1ccc(OCCOc2ccc(C#N)cc2)cc1. The van der Waals surface area contributed by atoms with E-state index in [9.17, 15) is 0 Å². The first-order valence-electron chi connectivity index (χ1n) is 7.91. The van der Waals surface area contributed by atoms with Crippen LogP contribution in [-0.2, 0) is 5.41 Å². The van der Waals surface area contributed by atoms with E-state index in [1.165, 1.54) is 5.56 Å². The van der Waals surface area contributed by atoms with E-state index < -0.39 is 0 Å². The van der Waals surface area contributed by atoms with Gasteiger partial charge in [0.2, 0.25) is 0 Å². The third-order valence-corrected chi connectivity index (χ3v) is 4.12. The lowest BCUT2D eigenvalue weighted by Crippen LogP contribution is -2.15. The Bertz CT molecular complexity index is 652. The second kappa shape index (κ2) is 7.69. The molecule has 2 aromatic carbocycles. The fraction of sp³-hybridized carbons (Fsp3) is 0.350. The molecule has 0 saturated heterocycles. The normalized spacial score (nSPS) is 10.9. The van der Waals surface area contributed by atoms with Gasteiger partial charge in [-0.25, -0.2) is 0 Å². The lowest BCUT2D eigenvalue weighted by Gasteiger charge is -2.23. The van der Waals surface area contributed by atoms with Crippen LogP contribution in [0.1, 0.15) is 38.3 Å². The summed E-state index contributed by atoms with van der Waals surface area (Å²) in [6.07, 6.45) is 1.10. The van der Waals surface area contributed by atoms with Gasteiger partial charge in [0.05, 0.1) is 11.6 Å². The van der Waals surface area contributed by atoms with Crippen LogP contribution in [0.4, 0.5) is 0 Å². The van der Waals surface area contributed by atoms with Crippen molar-refractivity contribution in [2.24, 2.45) is 0 Å². The Morgan fingerprint density at radius 3 is 1.78 bits per heavy atom. The lowest BCUT2D eigenvalue weighted by molar-refractivity contribution is 0.217. The van der Waals surface area contributed by atoms with Crippen molar-refractivity contribution in [1.29, 1.82) is 5.26 Å². The molecule has 3 nitrogen and oxygen atoms in total. The number of ether oxygens (including phenoxy) is 2. The van der Waals surface area contributed by atoms with Gasteiger partial charge in [0.1, 0.15) is 24.7 Å². The second-order valence-electron chi connectivity index (χ2n) is 6.09. The van der Waals surface area contributed by atoms with E-state index in [1.54, 1.807) is 24.3 Å². The zero-order chi connectivity index (χ0) is 16.7. The predicted octanol–water partition coefficient (Wildman–Crippen LogP) is 4.70. The molecule has 0 aliphatic rings. The van der Waals surface area contributed by atoms with Crippen molar-refractivity contribution in [2.75, 3.05) is 13.2 Å². The van der Waals surface area contributed by atoms with E-state index in [-0.39, 0.29) is 5.41 Å². The first-order valence-corrected chi connectivity index (χ1v) is 7.91. The van der Waals surface area contributed by atoms with Crippen LogP contribution < -0.4 is 9.47 Å². The summed E-state index contributed by atoms with van der Waals surface area (Å²) >= 11 is 0. The van der Waals surface area contributed by atoms with Crippen LogP contribution in [0.15, 0.2) is 48.5 Å². The topological polar surface area (TPSA) is 42.2 Å². The van der Waals surface area contributed by atoms with Crippen LogP contribution in [0.25, 0.3) is 0 Å². The van der Waals surface area contributed by atoms with Crippen LogP contribution >= 0.6 is 0 Å². The van der Waals surface area contributed by atoms with Crippen molar-refractivity contribution in [2.45, 2.75) is 32.6 Å². The monoisotopic (exact) mass is 309 g/mol. The van der Waals surface area contributed by atoms with Crippen LogP contribution in [0.3, 0.4) is 0 Å². The first-order chi connectivity index (χ1) is 11.0. The number of hydrogen-bond donors (Lipinski definition) is 0. The molecular formula is C20H23NO2. The van der Waals surface area contributed by atoms with Gasteiger partial charge in [-0.05, 0) is 53.8 Å². The molecule has 0 heterocycles. The Morgan fingerprint density at radius 2 is 1.35 bits per heavy atom. The summed E-state index contributed by atoms with van der Waals surface area (Å²) < 4.78 is 11.3. The molecule has 0 aromatic heterocycles. The highest BCUT2D eigenvalue weighted by Gasteiger charge is 2.17. The average Bonchev–Trinajstić information content (AvgIpc) is 2.59. The molecule has 120 valence electrons. The van der Waals surface area contributed by atoms with Crippen molar-refractivity contribution in [3.8, 4) is 17.6 Å². The molecule has 0 N–H and O–H groups in total. The molecule has 3 heteroatoms. The molecule has 0 fully saturated rings. The van der Waals surface area contributed by atoms with Gasteiger partial charge in [-0.2, -0.15) is 5.26 Å². The summed E-state index contributed by atoms with van der Waals surface area (Å²) in [5.74, 6) is 1.59. The summed E-state index contributed by atoms with van der Waals surface area (Å²) in [6, 6.07) is 17.4. The molecule has 0 aliphatic heterocycles. The fourth-order valence-corrected chi connectivity index (χ4v) is 2.15. The van der Waals surface area contributed by atoms with Crippen molar-refractivity contribution in [3.63, 3.8) is 0 Å². The van der Waals surface area contributed by atoms with Gasteiger partial charge in [-0.15, -0.1) is 0 Å². The van der Waals surface area contributed by atoms with E-state index in [1.807, 2.05) is 12.1 Å². The number of benzene rings is 2. The van der Waals surface area contributed by atoms with Crippen LogP contribution in [0.2, 0.25) is 0 Å². The Balaban J connectivity index is 1.79. The van der Waals surface area contributed by atoms with Crippen molar-refractivity contribution >= 4 is 0 Å². The van der Waals surface area contributed by atoms with E-state index in [0.717, 1.165) is 17.9 Å². The van der Waals surface area contributed by atoms with Crippen LogP contribution in [0, 0.1) is 11.3 Å². The maximum Gasteiger partial charge on any atom is 0.122 e. The summed E-state index contributed by atoms with van der Waals surface area (Å²) in [6.45, 7) is 7.64. The van der Waals surface area contributed by atoms with Gasteiger partial charge in [-0.3, -0.25) is 0 Å². The summed E-state index contributed by atoms with van der Waals surface area (Å²) in [4.78, 5) is 0. The Morgan fingerprint density at radius 1 is 0.870 bits per heavy atom. The van der Waals surface area contributed by atoms with Crippen molar-refractivity contribution in [3.05, 3.63) is 59.7 Å². The summed E-state index contributed by atoms with van der Waals surface area (Å²) in [5.41, 5.74) is 2.14. The molecule has 0 unspecified atom stereocenters. The smallest absolute Gasteiger partial charge is 0.122 e. The minimum Gasteiger partial charge on any atom is -0.490 e. The zero-order valence-electron chi connectivity index (χ0n) is 14.0. The van der Waals surface area contributed by atoms with Gasteiger partial charge >= 0.3 is 0 Å². The van der Waals surface area contributed by atoms with Gasteiger partial charge in [0.25, 0.3) is 0 Å². The highest BCUT2D eigenvalue weighted by molar-refractivity contribution is 5.34. The molecule has 0 bridgehead atoms. The van der Waals surface area contributed by atoms with Crippen molar-refractivity contribution in [1.82, 2.24) is 0 Å². The van der Waals surface area contributed by atoms with E-state index >= 15 is 0 Å². The van der Waals surface area contributed by atoms with Crippen LogP contribution in [-0.4, -0.2) is 13.2 Å². The van der Waals surface area contributed by atoms with Gasteiger partial charge in [-0.1, -0.05) is 32.9 Å². The number of rotatable bonds is 7. The highest BCUT2D eigenvalue weighted by atomic mass is 16.5. The Kier molecular flexibility index (Phi) is 5.65. The van der Waals surface area contributed by atoms with Crippen LogP contribution in [0.5, 0.6) is 11.5 Å². The molecule has 0 aliphatic carbocycles. The third kappa shape index (κ3) is 4.75. The second-order valence-corrected chi connectivity index (χ2v) is 6.09. The zero-order valence-corrected chi connectivity index (χ0v) is 14.0. The fourth-order valence-electron chi connectivity index (χ4n) is 2.15. The third-order valence-electron chi connectivity index (χ3n) is 4.12. The first kappa shape index (κ1) is 16.9. The minimum absolute atomic E-state index is 0.192. The molecule has 0 saturated carbocycles. The Labute approximate surface area is 138 Å².